The van der Waals surface area contributed by atoms with Crippen LogP contribution >= 0.6 is 0 Å². The number of hydrogen-bond donors (Lipinski definition) is 0. The average Bonchev–Trinajstić information content (AvgIpc) is 3.75. The number of aryl methyl sites for hydroxylation is 6. The minimum absolute atomic E-state index is 0. The average molecular weight is 764 g/mol. The number of fused-ring (bicyclic) bond motifs is 3. The molecule has 0 amide bonds. The largest absolute Gasteiger partial charge is 2.00 e. The van der Waals surface area contributed by atoms with Crippen LogP contribution in [0.5, 0.6) is 0 Å². The van der Waals surface area contributed by atoms with Crippen LogP contribution in [0.2, 0.25) is 0 Å². The van der Waals surface area contributed by atoms with Crippen molar-refractivity contribution in [3.05, 3.63) is 124 Å². The first-order chi connectivity index (χ1) is 19.0. The van der Waals surface area contributed by atoms with Gasteiger partial charge in [0.2, 0.25) is 0 Å². The van der Waals surface area contributed by atoms with E-state index in [0.29, 0.717) is 0 Å². The molecule has 0 aliphatic rings. The van der Waals surface area contributed by atoms with Crippen molar-refractivity contribution in [1.29, 1.82) is 0 Å². The summed E-state index contributed by atoms with van der Waals surface area (Å²) in [6.45, 7) is 13.4. The molecule has 0 fully saturated rings. The van der Waals surface area contributed by atoms with Gasteiger partial charge in [-0.3, -0.25) is 0 Å². The molecule has 0 aromatic heterocycles. The van der Waals surface area contributed by atoms with Crippen LogP contribution < -0.4 is 37.2 Å². The van der Waals surface area contributed by atoms with Gasteiger partial charge in [-0.1, -0.05) is 74.9 Å². The smallest absolute Gasteiger partial charge is 1.00 e. The zero-order chi connectivity index (χ0) is 27.8. The van der Waals surface area contributed by atoms with E-state index in [-0.39, 0.29) is 102 Å². The summed E-state index contributed by atoms with van der Waals surface area (Å²) < 4.78 is 0. The molecule has 6 aromatic rings. The molecule has 234 valence electrons. The Hall–Kier alpha value is -0.497. The molecule has 6 aromatic carbocycles. The van der Waals surface area contributed by atoms with Crippen molar-refractivity contribution in [3.8, 4) is 0 Å². The zero-order valence-corrected chi connectivity index (χ0v) is 34.5. The van der Waals surface area contributed by atoms with Gasteiger partial charge in [0.1, 0.15) is 0 Å². The third-order valence-electron chi connectivity index (χ3n) is 8.16. The van der Waals surface area contributed by atoms with Gasteiger partial charge < -0.3 is 37.2 Å². The number of halogens is 3. The molecule has 6 rings (SSSR count). The van der Waals surface area contributed by atoms with Crippen LogP contribution in [0.25, 0.3) is 32.3 Å². The maximum atomic E-state index is 2.33. The number of rotatable bonds is 6. The summed E-state index contributed by atoms with van der Waals surface area (Å²) in [5.41, 5.74) is 9.01. The fraction of sp³-hybridized carbons (Fsp3) is 0.308. The van der Waals surface area contributed by atoms with E-state index in [9.17, 15) is 0 Å². The van der Waals surface area contributed by atoms with Crippen molar-refractivity contribution < 1.29 is 102 Å². The van der Waals surface area contributed by atoms with E-state index >= 15 is 0 Å². The van der Waals surface area contributed by atoms with Gasteiger partial charge in [0, 0.05) is 0 Å². The second-order valence-corrected chi connectivity index (χ2v) is 10.4. The van der Waals surface area contributed by atoms with E-state index in [4.69, 9.17) is 0 Å². The molecule has 0 aliphatic carbocycles. The van der Waals surface area contributed by atoms with E-state index < -0.39 is 0 Å². The number of hydrogen-bond acceptors (Lipinski definition) is 0. The Bertz CT molecular complexity index is 1330. The first kappa shape index (κ1) is 48.9. The molecule has 0 saturated carbocycles. The molecule has 0 spiro atoms. The second-order valence-electron chi connectivity index (χ2n) is 10.4. The van der Waals surface area contributed by atoms with Gasteiger partial charge in [-0.2, -0.15) is 36.4 Å². The predicted molar refractivity (Wildman–Crippen MR) is 175 cm³/mol. The van der Waals surface area contributed by atoms with Crippen LogP contribution in [0.15, 0.2) is 91.0 Å². The SMILES string of the molecule is CCc1cc2cc[cH-]c2cc1CC.CCc1cc2cc[cH-]c2cc1CC.CCc1cc2cc[cH-]c2cc1CC.[Cl-].[Cl-].[Cl-].[Ti+2].[Ti+2].[Ti+2]. The van der Waals surface area contributed by atoms with Gasteiger partial charge in [0.15, 0.2) is 0 Å². The number of benzene rings is 3. The van der Waals surface area contributed by atoms with Crippen LogP contribution in [0.4, 0.5) is 0 Å². The monoisotopic (exact) mass is 762 g/mol. The summed E-state index contributed by atoms with van der Waals surface area (Å²) in [5.74, 6) is 0. The summed E-state index contributed by atoms with van der Waals surface area (Å²) in [6, 6.07) is 33.5. The minimum atomic E-state index is 0. The van der Waals surface area contributed by atoms with E-state index in [1.165, 1.54) is 65.7 Å². The Morgan fingerprint density at radius 2 is 0.556 bits per heavy atom. The Morgan fingerprint density at radius 1 is 0.356 bits per heavy atom. The molecule has 0 radical (unpaired) electrons. The zero-order valence-electron chi connectivity index (χ0n) is 27.5. The first-order valence-electron chi connectivity index (χ1n) is 15.1. The topological polar surface area (TPSA) is 0 Å². The summed E-state index contributed by atoms with van der Waals surface area (Å²) in [4.78, 5) is 0. The van der Waals surface area contributed by atoms with Crippen LogP contribution in [0, 0.1) is 0 Å². The summed E-state index contributed by atoms with van der Waals surface area (Å²) in [5, 5.41) is 8.30. The molecular formula is C39H45Cl3Ti3. The quantitative estimate of drug-likeness (QED) is 0.180. The van der Waals surface area contributed by atoms with E-state index in [1.54, 1.807) is 0 Å². The summed E-state index contributed by atoms with van der Waals surface area (Å²) in [6.07, 6.45) is 6.86. The Kier molecular flexibility index (Phi) is 26.7. The first-order valence-corrected chi connectivity index (χ1v) is 15.1. The van der Waals surface area contributed by atoms with Gasteiger partial charge in [0.05, 0.1) is 0 Å². The van der Waals surface area contributed by atoms with Gasteiger partial charge in [0.25, 0.3) is 0 Å². The Morgan fingerprint density at radius 3 is 0.756 bits per heavy atom. The molecule has 0 N–H and O–H groups in total. The van der Waals surface area contributed by atoms with Crippen LogP contribution in [-0.4, -0.2) is 0 Å². The molecule has 0 heterocycles. The molecule has 0 aliphatic heterocycles. The van der Waals surface area contributed by atoms with Gasteiger partial charge in [-0.15, -0.1) is 86.9 Å². The fourth-order valence-electron chi connectivity index (χ4n) is 5.79. The van der Waals surface area contributed by atoms with Crippen molar-refractivity contribution in [3.63, 3.8) is 0 Å². The normalized spacial score (nSPS) is 9.47. The maximum absolute atomic E-state index is 2.33. The predicted octanol–water partition coefficient (Wildman–Crippen LogP) is 2.06. The van der Waals surface area contributed by atoms with Crippen molar-refractivity contribution >= 4 is 32.3 Å². The molecule has 0 bridgehead atoms. The molecule has 0 unspecified atom stereocenters. The van der Waals surface area contributed by atoms with Crippen molar-refractivity contribution in [2.45, 2.75) is 80.1 Å². The Balaban J connectivity index is -0.000000551. The minimum Gasteiger partial charge on any atom is -1.00 e. The van der Waals surface area contributed by atoms with Gasteiger partial charge >= 0.3 is 65.2 Å². The van der Waals surface area contributed by atoms with Crippen LogP contribution in [0.3, 0.4) is 0 Å². The molecule has 6 heteroatoms. The molecule has 0 nitrogen and oxygen atoms in total. The van der Waals surface area contributed by atoms with Crippen LogP contribution in [0.1, 0.15) is 74.9 Å². The van der Waals surface area contributed by atoms with Crippen molar-refractivity contribution in [2.75, 3.05) is 0 Å². The summed E-state index contributed by atoms with van der Waals surface area (Å²) in [7, 11) is 0. The Labute approximate surface area is 335 Å². The summed E-state index contributed by atoms with van der Waals surface area (Å²) >= 11 is 0. The third kappa shape index (κ3) is 12.5. The molecule has 45 heavy (non-hydrogen) atoms. The van der Waals surface area contributed by atoms with E-state index in [2.05, 4.69) is 133 Å². The van der Waals surface area contributed by atoms with Gasteiger partial charge in [-0.05, 0) is 38.5 Å². The standard InChI is InChI=1S/3C13H15.3ClH.3Ti/c3*1-3-10-8-12-6-5-7-13(12)9-11(10)4-2;;;;;;/h3*5-9H,3-4H2,1-2H3;3*1H;;;/q3*-1;;;;3*+2/p-3. The van der Waals surface area contributed by atoms with E-state index in [0.717, 1.165) is 38.5 Å². The van der Waals surface area contributed by atoms with Gasteiger partial charge in [-0.25, -0.2) is 0 Å². The van der Waals surface area contributed by atoms with E-state index in [1.807, 2.05) is 0 Å². The maximum Gasteiger partial charge on any atom is 2.00 e. The fourth-order valence-corrected chi connectivity index (χ4v) is 5.79. The third-order valence-corrected chi connectivity index (χ3v) is 8.16. The molecule has 0 atom stereocenters. The second kappa shape index (κ2) is 24.6. The molecular weight excluding hydrogens is 718 g/mol. The van der Waals surface area contributed by atoms with Crippen molar-refractivity contribution in [1.82, 2.24) is 0 Å². The van der Waals surface area contributed by atoms with Crippen molar-refractivity contribution in [2.24, 2.45) is 0 Å². The van der Waals surface area contributed by atoms with Crippen LogP contribution in [-0.2, 0) is 104 Å². The molecule has 0 saturated heterocycles.